The summed E-state index contributed by atoms with van der Waals surface area (Å²) in [6.45, 7) is 0. The molecule has 0 unspecified atom stereocenters. The number of primary sulfonamides is 1. The molecule has 6 nitrogen and oxygen atoms in total. The molecule has 2 amide bonds. The quantitative estimate of drug-likeness (QED) is 0.632. The summed E-state index contributed by atoms with van der Waals surface area (Å²) in [5, 5.41) is 5.18. The Kier molecular flexibility index (Phi) is 3.65. The number of hydrogen-bond acceptors (Lipinski definition) is 4. The van der Waals surface area contributed by atoms with Crippen molar-refractivity contribution < 1.29 is 18.0 Å². The number of sulfonamides is 1. The van der Waals surface area contributed by atoms with Crippen LogP contribution in [0.3, 0.4) is 0 Å². The first-order chi connectivity index (χ1) is 14.9. The van der Waals surface area contributed by atoms with Crippen LogP contribution in [0, 0.1) is 11.8 Å². The zero-order valence-corrected chi connectivity index (χ0v) is 17.1. The number of anilines is 1. The Morgan fingerprint density at radius 1 is 0.645 bits per heavy atom. The normalized spacial score (nSPS) is 25.9. The molecule has 3 aromatic rings. The third kappa shape index (κ3) is 2.38. The van der Waals surface area contributed by atoms with E-state index in [9.17, 15) is 18.0 Å². The fraction of sp³-hybridized carbons (Fsp3) is 0.167. The van der Waals surface area contributed by atoms with E-state index in [1.807, 2.05) is 24.3 Å². The Morgan fingerprint density at radius 2 is 1.03 bits per heavy atom. The summed E-state index contributed by atoms with van der Waals surface area (Å²) in [6.07, 6.45) is 0. The Bertz CT molecular complexity index is 1270. The molecule has 2 N–H and O–H groups in total. The Labute approximate surface area is 179 Å². The van der Waals surface area contributed by atoms with E-state index < -0.39 is 21.9 Å². The van der Waals surface area contributed by atoms with Crippen LogP contribution in [0.5, 0.6) is 0 Å². The molecule has 0 radical (unpaired) electrons. The van der Waals surface area contributed by atoms with Crippen molar-refractivity contribution in [3.63, 3.8) is 0 Å². The average molecular weight is 430 g/mol. The third-order valence-corrected chi connectivity index (χ3v) is 7.80. The first kappa shape index (κ1) is 18.5. The molecule has 3 aliphatic carbocycles. The molecule has 2 atom stereocenters. The van der Waals surface area contributed by atoms with Gasteiger partial charge >= 0.3 is 0 Å². The summed E-state index contributed by atoms with van der Waals surface area (Å²) in [4.78, 5) is 28.4. The lowest BCUT2D eigenvalue weighted by atomic mass is 9.55. The van der Waals surface area contributed by atoms with Crippen LogP contribution in [0.4, 0.5) is 5.69 Å². The molecule has 0 spiro atoms. The highest BCUT2D eigenvalue weighted by Crippen LogP contribution is 2.61. The van der Waals surface area contributed by atoms with Gasteiger partial charge in [-0.3, -0.25) is 9.59 Å². The van der Waals surface area contributed by atoms with Gasteiger partial charge in [0.05, 0.1) is 22.4 Å². The molecule has 1 heterocycles. The summed E-state index contributed by atoms with van der Waals surface area (Å²) >= 11 is 0. The molecule has 1 aliphatic heterocycles. The molecule has 4 aliphatic rings. The first-order valence-corrected chi connectivity index (χ1v) is 11.6. The second-order valence-electron chi connectivity index (χ2n) is 8.32. The van der Waals surface area contributed by atoms with Crippen molar-refractivity contribution in [2.24, 2.45) is 17.0 Å². The predicted molar refractivity (Wildman–Crippen MR) is 114 cm³/mol. The minimum Gasteiger partial charge on any atom is -0.274 e. The monoisotopic (exact) mass is 430 g/mol. The molecule has 2 bridgehead atoms. The van der Waals surface area contributed by atoms with E-state index in [-0.39, 0.29) is 28.5 Å². The van der Waals surface area contributed by atoms with Gasteiger partial charge in [0.15, 0.2) is 0 Å². The largest absolute Gasteiger partial charge is 0.274 e. The van der Waals surface area contributed by atoms with E-state index in [2.05, 4.69) is 24.3 Å². The van der Waals surface area contributed by atoms with E-state index >= 15 is 0 Å². The lowest BCUT2D eigenvalue weighted by molar-refractivity contribution is -0.122. The van der Waals surface area contributed by atoms with Crippen molar-refractivity contribution in [2.45, 2.75) is 16.7 Å². The maximum atomic E-state index is 13.6. The maximum absolute atomic E-state index is 13.6. The first-order valence-electron chi connectivity index (χ1n) is 10.1. The Morgan fingerprint density at radius 3 is 1.39 bits per heavy atom. The SMILES string of the molecule is NS(=O)(=O)c1ccc(N2C(=O)[C@@H]3C4c5ccccc5C(c5ccccc54)[C@H]3C2=O)cc1. The highest BCUT2D eigenvalue weighted by atomic mass is 32.2. The molecule has 3 aromatic carbocycles. The van der Waals surface area contributed by atoms with E-state index in [1.165, 1.54) is 29.2 Å². The number of carbonyl (C=O) groups excluding carboxylic acids is 2. The second kappa shape index (κ2) is 6.12. The van der Waals surface area contributed by atoms with Gasteiger partial charge in [-0.2, -0.15) is 0 Å². The van der Waals surface area contributed by atoms with Crippen LogP contribution in [-0.2, 0) is 19.6 Å². The minimum atomic E-state index is -3.86. The molecular formula is C24H18N2O4S. The summed E-state index contributed by atoms with van der Waals surface area (Å²) < 4.78 is 23.2. The van der Waals surface area contributed by atoms with Gasteiger partial charge in [-0.25, -0.2) is 18.5 Å². The van der Waals surface area contributed by atoms with Gasteiger partial charge in [-0.15, -0.1) is 0 Å². The highest BCUT2D eigenvalue weighted by Gasteiger charge is 2.61. The van der Waals surface area contributed by atoms with Crippen LogP contribution in [0.25, 0.3) is 0 Å². The van der Waals surface area contributed by atoms with Crippen LogP contribution >= 0.6 is 0 Å². The number of benzene rings is 3. The van der Waals surface area contributed by atoms with E-state index in [1.54, 1.807) is 0 Å². The van der Waals surface area contributed by atoms with Gasteiger partial charge in [-0.1, -0.05) is 48.5 Å². The fourth-order valence-electron chi connectivity index (χ4n) is 5.72. The molecule has 0 aromatic heterocycles. The smallest absolute Gasteiger partial charge is 0.238 e. The lowest BCUT2D eigenvalue weighted by Crippen LogP contribution is -2.41. The molecule has 1 fully saturated rings. The summed E-state index contributed by atoms with van der Waals surface area (Å²) in [5.74, 6) is -1.77. The molecule has 31 heavy (non-hydrogen) atoms. The number of hydrogen-bond donors (Lipinski definition) is 1. The lowest BCUT2D eigenvalue weighted by Gasteiger charge is -2.45. The number of carbonyl (C=O) groups is 2. The van der Waals surface area contributed by atoms with Gasteiger partial charge in [0, 0.05) is 11.8 Å². The number of imide groups is 1. The van der Waals surface area contributed by atoms with Crippen molar-refractivity contribution in [3.05, 3.63) is 95.1 Å². The molecule has 154 valence electrons. The maximum Gasteiger partial charge on any atom is 0.238 e. The van der Waals surface area contributed by atoms with Gasteiger partial charge < -0.3 is 0 Å². The number of nitrogens with two attached hydrogens (primary N) is 1. The van der Waals surface area contributed by atoms with E-state index in [4.69, 9.17) is 5.14 Å². The molecule has 0 saturated carbocycles. The van der Waals surface area contributed by atoms with Crippen LogP contribution in [0.15, 0.2) is 77.7 Å². The van der Waals surface area contributed by atoms with Crippen molar-refractivity contribution in [1.29, 1.82) is 0 Å². The van der Waals surface area contributed by atoms with E-state index in [0.29, 0.717) is 5.69 Å². The second-order valence-corrected chi connectivity index (χ2v) is 9.88. The molecule has 7 rings (SSSR count). The van der Waals surface area contributed by atoms with Crippen molar-refractivity contribution in [1.82, 2.24) is 0 Å². The zero-order chi connectivity index (χ0) is 21.5. The Hall–Kier alpha value is -3.29. The topological polar surface area (TPSA) is 97.5 Å². The average Bonchev–Trinajstić information content (AvgIpc) is 3.04. The fourth-order valence-corrected chi connectivity index (χ4v) is 6.23. The van der Waals surface area contributed by atoms with Crippen molar-refractivity contribution >= 4 is 27.5 Å². The van der Waals surface area contributed by atoms with Gasteiger partial charge in [-0.05, 0) is 46.5 Å². The summed E-state index contributed by atoms with van der Waals surface area (Å²) in [7, 11) is -3.86. The zero-order valence-electron chi connectivity index (χ0n) is 16.3. The van der Waals surface area contributed by atoms with Crippen LogP contribution in [0.1, 0.15) is 34.1 Å². The standard InChI is InChI=1S/C24H18N2O4S/c25-31(29,30)14-11-9-13(10-12-14)26-23(27)21-19-15-5-1-2-6-16(15)20(22(21)24(26)28)18-8-4-3-7-17(18)19/h1-12,19-22H,(H2,25,29,30)/t19?,20?,21-,22-/m1/s1. The number of amides is 2. The van der Waals surface area contributed by atoms with Crippen LogP contribution in [-0.4, -0.2) is 20.2 Å². The third-order valence-electron chi connectivity index (χ3n) is 6.87. The molecule has 1 saturated heterocycles. The molecule has 7 heteroatoms. The van der Waals surface area contributed by atoms with Crippen LogP contribution < -0.4 is 10.0 Å². The predicted octanol–water partition coefficient (Wildman–Crippen LogP) is 2.73. The number of nitrogens with zero attached hydrogens (tertiary/aromatic N) is 1. The van der Waals surface area contributed by atoms with Crippen molar-refractivity contribution in [3.8, 4) is 0 Å². The number of rotatable bonds is 2. The molecular weight excluding hydrogens is 412 g/mol. The van der Waals surface area contributed by atoms with E-state index in [0.717, 1.165) is 22.3 Å². The summed E-state index contributed by atoms with van der Waals surface area (Å²) in [6, 6.07) is 21.7. The summed E-state index contributed by atoms with van der Waals surface area (Å²) in [5.41, 5.74) is 4.81. The van der Waals surface area contributed by atoms with Gasteiger partial charge in [0.1, 0.15) is 0 Å². The van der Waals surface area contributed by atoms with Gasteiger partial charge in [0.2, 0.25) is 21.8 Å². The van der Waals surface area contributed by atoms with Crippen molar-refractivity contribution in [2.75, 3.05) is 4.90 Å². The highest BCUT2D eigenvalue weighted by molar-refractivity contribution is 7.89. The Balaban J connectivity index is 1.50. The minimum absolute atomic E-state index is 0.0624. The van der Waals surface area contributed by atoms with Crippen LogP contribution in [0.2, 0.25) is 0 Å². The van der Waals surface area contributed by atoms with Gasteiger partial charge in [0.25, 0.3) is 0 Å².